The normalized spacial score (nSPS) is 11.4. The molecule has 2 aromatic carbocycles. The predicted molar refractivity (Wildman–Crippen MR) is 81.0 cm³/mol. The van der Waals surface area contributed by atoms with Gasteiger partial charge in [0, 0.05) is 0 Å². The van der Waals surface area contributed by atoms with Gasteiger partial charge in [-0.05, 0) is 64.3 Å². The van der Waals surface area contributed by atoms with E-state index in [0.717, 1.165) is 5.56 Å². The fraction of sp³-hybridized carbons (Fsp3) is 0.143. The maximum Gasteiger partial charge on any atom is 0.238 e. The lowest BCUT2D eigenvalue weighted by Gasteiger charge is -2.09. The molecule has 4 nitrogen and oxygen atoms in total. The Hall–Kier alpha value is -1.44. The molecule has 0 bridgehead atoms. The Balaban J connectivity index is 2.14. The minimum Gasteiger partial charge on any atom is -0.489 e. The van der Waals surface area contributed by atoms with Gasteiger partial charge in [-0.1, -0.05) is 6.07 Å². The lowest BCUT2D eigenvalue weighted by atomic mass is 10.2. The van der Waals surface area contributed by atoms with Crippen molar-refractivity contribution < 1.29 is 17.5 Å². The van der Waals surface area contributed by atoms with E-state index in [-0.39, 0.29) is 17.3 Å². The number of primary sulfonamides is 1. The molecule has 0 aromatic heterocycles. The Labute approximate surface area is 130 Å². The smallest absolute Gasteiger partial charge is 0.238 e. The van der Waals surface area contributed by atoms with Crippen LogP contribution in [-0.2, 0) is 16.6 Å². The molecule has 0 amide bonds. The van der Waals surface area contributed by atoms with Gasteiger partial charge in [-0.15, -0.1) is 0 Å². The molecule has 0 heterocycles. The van der Waals surface area contributed by atoms with E-state index >= 15 is 0 Å². The molecule has 7 heteroatoms. The van der Waals surface area contributed by atoms with Crippen molar-refractivity contribution in [2.45, 2.75) is 18.4 Å². The van der Waals surface area contributed by atoms with Crippen LogP contribution in [0.2, 0.25) is 0 Å². The van der Waals surface area contributed by atoms with Crippen molar-refractivity contribution in [1.29, 1.82) is 0 Å². The van der Waals surface area contributed by atoms with E-state index in [1.165, 1.54) is 18.2 Å². The molecule has 0 fully saturated rings. The van der Waals surface area contributed by atoms with Crippen molar-refractivity contribution in [3.8, 4) is 5.75 Å². The molecule has 0 saturated carbocycles. The molecular formula is C14H13BrFNO3S. The van der Waals surface area contributed by atoms with Gasteiger partial charge in [0.05, 0.1) is 9.37 Å². The SMILES string of the molecule is Cc1cc(OCc2ccc(F)c(Br)c2)ccc1S(N)(=O)=O. The molecule has 0 unspecified atom stereocenters. The van der Waals surface area contributed by atoms with Gasteiger partial charge >= 0.3 is 0 Å². The second kappa shape index (κ2) is 6.13. The number of rotatable bonds is 4. The third-order valence-corrected chi connectivity index (χ3v) is 4.52. The van der Waals surface area contributed by atoms with Crippen molar-refractivity contribution in [3.63, 3.8) is 0 Å². The zero-order valence-electron chi connectivity index (χ0n) is 11.1. The summed E-state index contributed by atoms with van der Waals surface area (Å²) in [6.45, 7) is 1.88. The summed E-state index contributed by atoms with van der Waals surface area (Å²) in [5.74, 6) is 0.174. The van der Waals surface area contributed by atoms with Gasteiger partial charge < -0.3 is 4.74 Å². The molecule has 2 rings (SSSR count). The minimum absolute atomic E-state index is 0.0689. The van der Waals surface area contributed by atoms with Gasteiger partial charge in [0.25, 0.3) is 0 Å². The molecule has 0 aliphatic carbocycles. The van der Waals surface area contributed by atoms with Crippen LogP contribution in [-0.4, -0.2) is 8.42 Å². The topological polar surface area (TPSA) is 69.4 Å². The molecule has 0 radical (unpaired) electrons. The molecule has 0 aliphatic heterocycles. The second-order valence-corrected chi connectivity index (χ2v) is 6.89. The van der Waals surface area contributed by atoms with Crippen LogP contribution < -0.4 is 9.88 Å². The summed E-state index contributed by atoms with van der Waals surface area (Å²) in [4.78, 5) is 0.0689. The van der Waals surface area contributed by atoms with Gasteiger partial charge in [0.1, 0.15) is 18.2 Å². The number of hydrogen-bond donors (Lipinski definition) is 1. The minimum atomic E-state index is -3.73. The largest absolute Gasteiger partial charge is 0.489 e. The van der Waals surface area contributed by atoms with E-state index in [2.05, 4.69) is 15.9 Å². The maximum absolute atomic E-state index is 13.1. The Kier molecular flexibility index (Phi) is 4.65. The standard InChI is InChI=1S/C14H13BrFNO3S/c1-9-6-11(3-5-14(9)21(17,18)19)20-8-10-2-4-13(16)12(15)7-10/h2-7H,8H2,1H3,(H2,17,18,19). The lowest BCUT2D eigenvalue weighted by Crippen LogP contribution is -2.13. The fourth-order valence-electron chi connectivity index (χ4n) is 1.83. The van der Waals surface area contributed by atoms with Gasteiger partial charge in [-0.2, -0.15) is 0 Å². The Morgan fingerprint density at radius 3 is 2.52 bits per heavy atom. The summed E-state index contributed by atoms with van der Waals surface area (Å²) >= 11 is 3.10. The first-order valence-corrected chi connectivity index (χ1v) is 8.31. The van der Waals surface area contributed by atoms with E-state index < -0.39 is 10.0 Å². The summed E-state index contributed by atoms with van der Waals surface area (Å²) in [6, 6.07) is 9.12. The summed E-state index contributed by atoms with van der Waals surface area (Å²) in [6.07, 6.45) is 0. The van der Waals surface area contributed by atoms with E-state index in [1.807, 2.05) is 0 Å². The van der Waals surface area contributed by atoms with Crippen molar-refractivity contribution in [2.24, 2.45) is 5.14 Å². The van der Waals surface area contributed by atoms with Crippen molar-refractivity contribution >= 4 is 26.0 Å². The van der Waals surface area contributed by atoms with Gasteiger partial charge in [0.2, 0.25) is 10.0 Å². The fourth-order valence-corrected chi connectivity index (χ4v) is 3.02. The molecule has 112 valence electrons. The van der Waals surface area contributed by atoms with Crippen LogP contribution in [0.5, 0.6) is 5.75 Å². The summed E-state index contributed by atoms with van der Waals surface area (Å²) in [5.41, 5.74) is 1.30. The number of nitrogens with two attached hydrogens (primary N) is 1. The number of benzene rings is 2. The zero-order valence-corrected chi connectivity index (χ0v) is 13.5. The first-order chi connectivity index (χ1) is 9.77. The van der Waals surface area contributed by atoms with Crippen LogP contribution in [0.3, 0.4) is 0 Å². The number of ether oxygens (including phenoxy) is 1. The van der Waals surface area contributed by atoms with E-state index in [0.29, 0.717) is 15.8 Å². The third kappa shape index (κ3) is 4.03. The van der Waals surface area contributed by atoms with Gasteiger partial charge in [-0.25, -0.2) is 17.9 Å². The van der Waals surface area contributed by atoms with Crippen LogP contribution in [0.1, 0.15) is 11.1 Å². The molecule has 21 heavy (non-hydrogen) atoms. The third-order valence-electron chi connectivity index (χ3n) is 2.84. The zero-order chi connectivity index (χ0) is 15.6. The maximum atomic E-state index is 13.1. The van der Waals surface area contributed by atoms with Crippen LogP contribution in [0.4, 0.5) is 4.39 Å². The van der Waals surface area contributed by atoms with Crippen molar-refractivity contribution in [2.75, 3.05) is 0 Å². The predicted octanol–water partition coefficient (Wildman–Crippen LogP) is 3.12. The molecule has 0 aliphatic rings. The average molecular weight is 374 g/mol. The van der Waals surface area contributed by atoms with E-state index in [4.69, 9.17) is 9.88 Å². The molecule has 2 N–H and O–H groups in total. The molecule has 0 saturated heterocycles. The Morgan fingerprint density at radius 2 is 1.95 bits per heavy atom. The lowest BCUT2D eigenvalue weighted by molar-refractivity contribution is 0.305. The highest BCUT2D eigenvalue weighted by molar-refractivity contribution is 9.10. The molecule has 0 atom stereocenters. The molecular weight excluding hydrogens is 361 g/mol. The van der Waals surface area contributed by atoms with Gasteiger partial charge in [-0.3, -0.25) is 0 Å². The quantitative estimate of drug-likeness (QED) is 0.894. The number of aryl methyl sites for hydroxylation is 1. The van der Waals surface area contributed by atoms with Crippen molar-refractivity contribution in [1.82, 2.24) is 0 Å². The Morgan fingerprint density at radius 1 is 1.24 bits per heavy atom. The summed E-state index contributed by atoms with van der Waals surface area (Å²) in [7, 11) is -3.73. The molecule has 2 aromatic rings. The highest BCUT2D eigenvalue weighted by atomic mass is 79.9. The average Bonchev–Trinajstić information content (AvgIpc) is 2.39. The summed E-state index contributed by atoms with van der Waals surface area (Å²) in [5, 5.41) is 5.09. The van der Waals surface area contributed by atoms with Crippen LogP contribution in [0, 0.1) is 12.7 Å². The van der Waals surface area contributed by atoms with Gasteiger partial charge in [0.15, 0.2) is 0 Å². The highest BCUT2D eigenvalue weighted by Crippen LogP contribution is 2.22. The summed E-state index contributed by atoms with van der Waals surface area (Å²) < 4.78 is 41.7. The van der Waals surface area contributed by atoms with Crippen molar-refractivity contribution in [3.05, 3.63) is 57.8 Å². The van der Waals surface area contributed by atoms with Crippen LogP contribution >= 0.6 is 15.9 Å². The first kappa shape index (κ1) is 15.9. The number of sulfonamides is 1. The highest BCUT2D eigenvalue weighted by Gasteiger charge is 2.12. The number of hydrogen-bond acceptors (Lipinski definition) is 3. The first-order valence-electron chi connectivity index (χ1n) is 5.97. The second-order valence-electron chi connectivity index (χ2n) is 4.51. The Bertz CT molecular complexity index is 778. The monoisotopic (exact) mass is 373 g/mol. The van der Waals surface area contributed by atoms with E-state index in [9.17, 15) is 12.8 Å². The van der Waals surface area contributed by atoms with Crippen LogP contribution in [0.15, 0.2) is 45.8 Å². The molecule has 0 spiro atoms. The van der Waals surface area contributed by atoms with E-state index in [1.54, 1.807) is 25.1 Å². The van der Waals surface area contributed by atoms with Crippen LogP contribution in [0.25, 0.3) is 0 Å². The number of halogens is 2.